The third-order valence-corrected chi connectivity index (χ3v) is 6.15. The number of nitrogens with zero attached hydrogens (tertiary/aromatic N) is 2. The fourth-order valence-corrected chi connectivity index (χ4v) is 4.03. The van der Waals surface area contributed by atoms with E-state index in [2.05, 4.69) is 10.4 Å². The van der Waals surface area contributed by atoms with Crippen LogP contribution >= 0.6 is 0 Å². The number of hydrogen-bond acceptors (Lipinski definition) is 4. The van der Waals surface area contributed by atoms with E-state index in [1.165, 1.54) is 18.6 Å². The molecule has 1 fully saturated rings. The first kappa shape index (κ1) is 17.7. The minimum Gasteiger partial charge on any atom is -0.321 e. The van der Waals surface area contributed by atoms with E-state index in [9.17, 15) is 13.2 Å². The predicted molar refractivity (Wildman–Crippen MR) is 105 cm³/mol. The van der Waals surface area contributed by atoms with Gasteiger partial charge in [-0.3, -0.25) is 9.48 Å². The highest BCUT2D eigenvalue weighted by atomic mass is 32.2. The molecule has 0 unspecified atom stereocenters. The molecule has 1 aromatic heterocycles. The van der Waals surface area contributed by atoms with E-state index in [1.807, 2.05) is 24.3 Å². The van der Waals surface area contributed by atoms with Crippen molar-refractivity contribution in [3.05, 3.63) is 54.2 Å². The van der Waals surface area contributed by atoms with Crippen molar-refractivity contribution >= 4 is 32.3 Å². The maximum absolute atomic E-state index is 13.0. The Labute approximate surface area is 158 Å². The normalized spacial score (nSPS) is 14.9. The summed E-state index contributed by atoms with van der Waals surface area (Å²) in [5, 5.41) is 8.25. The number of fused-ring (bicyclic) bond motifs is 1. The van der Waals surface area contributed by atoms with E-state index in [4.69, 9.17) is 0 Å². The summed E-state index contributed by atoms with van der Waals surface area (Å²) in [5.41, 5.74) is 1.75. The van der Waals surface area contributed by atoms with Gasteiger partial charge in [-0.15, -0.1) is 0 Å². The molecule has 1 aliphatic rings. The van der Waals surface area contributed by atoms with E-state index < -0.39 is 9.84 Å². The number of rotatable bonds is 5. The molecule has 1 N–H and O–H groups in total. The second-order valence-corrected chi connectivity index (χ2v) is 9.11. The van der Waals surface area contributed by atoms with Crippen LogP contribution in [0.1, 0.15) is 29.8 Å². The summed E-state index contributed by atoms with van der Waals surface area (Å²) < 4.78 is 25.3. The molecule has 2 aromatic carbocycles. The third-order valence-electron chi connectivity index (χ3n) is 5.04. The van der Waals surface area contributed by atoms with Crippen molar-refractivity contribution in [2.24, 2.45) is 5.92 Å². The number of carbonyl (C=O) groups excluding carboxylic acids is 1. The Bertz CT molecular complexity index is 1110. The molecule has 6 nitrogen and oxygen atoms in total. The highest BCUT2D eigenvalue weighted by Gasteiger charge is 2.24. The van der Waals surface area contributed by atoms with Gasteiger partial charge in [-0.2, -0.15) is 5.10 Å². The Kier molecular flexibility index (Phi) is 4.47. The molecule has 4 rings (SSSR count). The topological polar surface area (TPSA) is 81.1 Å². The maximum atomic E-state index is 13.0. The lowest BCUT2D eigenvalue weighted by molar-refractivity contribution is 0.101. The van der Waals surface area contributed by atoms with Crippen molar-refractivity contribution in [3.63, 3.8) is 0 Å². The Hall–Kier alpha value is -2.67. The zero-order valence-corrected chi connectivity index (χ0v) is 15.9. The number of aromatic nitrogens is 2. The van der Waals surface area contributed by atoms with Crippen LogP contribution in [0, 0.1) is 5.92 Å². The molecule has 3 aromatic rings. The number of nitrogens with one attached hydrogen (secondary N) is 1. The van der Waals surface area contributed by atoms with Gasteiger partial charge in [-0.1, -0.05) is 30.7 Å². The molecule has 1 saturated carbocycles. The number of amides is 1. The van der Waals surface area contributed by atoms with Gasteiger partial charge >= 0.3 is 0 Å². The molecule has 1 aliphatic carbocycles. The standard InChI is InChI=1S/C20H21N3O3S/c1-27(25,26)16-9-5-8-15(12-16)21-20(24)19-17-10-2-3-11-18(17)22-23(19)13-14-6-4-7-14/h2-3,5,8-12,14H,4,6-7,13H2,1H3,(H,21,24). The van der Waals surface area contributed by atoms with Crippen LogP contribution in [-0.4, -0.2) is 30.4 Å². The summed E-state index contributed by atoms with van der Waals surface area (Å²) in [6.45, 7) is 0.723. The van der Waals surface area contributed by atoms with Gasteiger partial charge in [0.1, 0.15) is 5.69 Å². The fourth-order valence-electron chi connectivity index (χ4n) is 3.37. The summed E-state index contributed by atoms with van der Waals surface area (Å²) in [6.07, 6.45) is 4.70. The fraction of sp³-hybridized carbons (Fsp3) is 0.300. The maximum Gasteiger partial charge on any atom is 0.274 e. The van der Waals surface area contributed by atoms with Crippen molar-refractivity contribution in [1.29, 1.82) is 0 Å². The van der Waals surface area contributed by atoms with Crippen LogP contribution in [0.4, 0.5) is 5.69 Å². The van der Waals surface area contributed by atoms with Crippen LogP contribution in [-0.2, 0) is 16.4 Å². The van der Waals surface area contributed by atoms with Gasteiger partial charge < -0.3 is 5.32 Å². The van der Waals surface area contributed by atoms with Crippen LogP contribution < -0.4 is 5.32 Å². The van der Waals surface area contributed by atoms with E-state index >= 15 is 0 Å². The first-order valence-corrected chi connectivity index (χ1v) is 10.9. The minimum absolute atomic E-state index is 0.174. The second-order valence-electron chi connectivity index (χ2n) is 7.10. The summed E-state index contributed by atoms with van der Waals surface area (Å²) in [6, 6.07) is 13.9. The molecular formula is C20H21N3O3S. The Morgan fingerprint density at radius 2 is 1.96 bits per heavy atom. The molecule has 7 heteroatoms. The van der Waals surface area contributed by atoms with Gasteiger partial charge in [0, 0.05) is 23.9 Å². The van der Waals surface area contributed by atoms with Crippen LogP contribution in [0.3, 0.4) is 0 Å². The number of benzene rings is 2. The molecule has 0 radical (unpaired) electrons. The molecule has 1 heterocycles. The number of anilines is 1. The zero-order valence-electron chi connectivity index (χ0n) is 15.1. The second kappa shape index (κ2) is 6.81. The van der Waals surface area contributed by atoms with Gasteiger partial charge in [-0.25, -0.2) is 8.42 Å². The predicted octanol–water partition coefficient (Wildman–Crippen LogP) is 3.49. The largest absolute Gasteiger partial charge is 0.321 e. The number of carbonyl (C=O) groups is 1. The van der Waals surface area contributed by atoms with Gasteiger partial charge in [0.05, 0.1) is 10.4 Å². The first-order valence-electron chi connectivity index (χ1n) is 8.99. The molecule has 27 heavy (non-hydrogen) atoms. The Balaban J connectivity index is 1.69. The lowest BCUT2D eigenvalue weighted by Gasteiger charge is -2.25. The van der Waals surface area contributed by atoms with Crippen molar-refractivity contribution in [2.45, 2.75) is 30.7 Å². The quantitative estimate of drug-likeness (QED) is 0.731. The smallest absolute Gasteiger partial charge is 0.274 e. The molecule has 0 atom stereocenters. The average Bonchev–Trinajstić information content (AvgIpc) is 2.96. The van der Waals surface area contributed by atoms with Gasteiger partial charge in [0.2, 0.25) is 0 Å². The summed E-state index contributed by atoms with van der Waals surface area (Å²) >= 11 is 0. The molecule has 1 amide bonds. The van der Waals surface area contributed by atoms with Crippen molar-refractivity contribution in [2.75, 3.05) is 11.6 Å². The van der Waals surface area contributed by atoms with E-state index in [-0.39, 0.29) is 10.8 Å². The third kappa shape index (κ3) is 3.60. The Morgan fingerprint density at radius 3 is 2.67 bits per heavy atom. The molecular weight excluding hydrogens is 362 g/mol. The van der Waals surface area contributed by atoms with Crippen molar-refractivity contribution in [1.82, 2.24) is 9.78 Å². The van der Waals surface area contributed by atoms with E-state index in [0.717, 1.165) is 36.5 Å². The first-order chi connectivity index (χ1) is 12.9. The SMILES string of the molecule is CS(=O)(=O)c1cccc(NC(=O)c2c3ccccc3nn2CC2CCC2)c1. The van der Waals surface area contributed by atoms with Crippen molar-refractivity contribution < 1.29 is 13.2 Å². The summed E-state index contributed by atoms with van der Waals surface area (Å²) in [7, 11) is -3.34. The monoisotopic (exact) mass is 383 g/mol. The number of hydrogen-bond donors (Lipinski definition) is 1. The summed E-state index contributed by atoms with van der Waals surface area (Å²) in [4.78, 5) is 13.2. The van der Waals surface area contributed by atoms with Crippen LogP contribution in [0.25, 0.3) is 10.9 Å². The Morgan fingerprint density at radius 1 is 1.19 bits per heavy atom. The highest BCUT2D eigenvalue weighted by molar-refractivity contribution is 7.90. The van der Waals surface area contributed by atoms with Gasteiger partial charge in [0.15, 0.2) is 9.84 Å². The molecule has 140 valence electrons. The molecule has 0 saturated heterocycles. The van der Waals surface area contributed by atoms with E-state index in [1.54, 1.807) is 16.8 Å². The highest BCUT2D eigenvalue weighted by Crippen LogP contribution is 2.30. The van der Waals surface area contributed by atoms with E-state index in [0.29, 0.717) is 17.3 Å². The zero-order chi connectivity index (χ0) is 19.0. The van der Waals surface area contributed by atoms with Gasteiger partial charge in [0.25, 0.3) is 5.91 Å². The van der Waals surface area contributed by atoms with Crippen LogP contribution in [0.15, 0.2) is 53.4 Å². The van der Waals surface area contributed by atoms with Crippen molar-refractivity contribution in [3.8, 4) is 0 Å². The number of sulfone groups is 1. The summed E-state index contributed by atoms with van der Waals surface area (Å²) in [5.74, 6) is 0.271. The van der Waals surface area contributed by atoms with Gasteiger partial charge in [-0.05, 0) is 43.0 Å². The lowest BCUT2D eigenvalue weighted by atomic mass is 9.85. The molecule has 0 spiro atoms. The minimum atomic E-state index is -3.34. The molecule has 0 aliphatic heterocycles. The lowest BCUT2D eigenvalue weighted by Crippen LogP contribution is -2.24. The molecule has 0 bridgehead atoms. The van der Waals surface area contributed by atoms with Crippen LogP contribution in [0.5, 0.6) is 0 Å². The average molecular weight is 383 g/mol. The van der Waals surface area contributed by atoms with Crippen LogP contribution in [0.2, 0.25) is 0 Å².